The molecule has 2 unspecified atom stereocenters. The van der Waals surface area contributed by atoms with E-state index >= 15 is 0 Å². The van der Waals surface area contributed by atoms with Crippen LogP contribution in [0, 0.1) is 5.92 Å². The van der Waals surface area contributed by atoms with Crippen molar-refractivity contribution in [2.75, 3.05) is 12.3 Å². The minimum atomic E-state index is -0.749. The van der Waals surface area contributed by atoms with Gasteiger partial charge in [-0.25, -0.2) is 0 Å². The van der Waals surface area contributed by atoms with Crippen LogP contribution in [0.25, 0.3) is 0 Å². The van der Waals surface area contributed by atoms with Crippen molar-refractivity contribution < 1.29 is 4.21 Å². The van der Waals surface area contributed by atoms with Gasteiger partial charge >= 0.3 is 0 Å². The van der Waals surface area contributed by atoms with Crippen molar-refractivity contribution in [1.82, 2.24) is 0 Å². The van der Waals surface area contributed by atoms with E-state index in [-0.39, 0.29) is 0 Å². The molecule has 0 fully saturated rings. The van der Waals surface area contributed by atoms with Gasteiger partial charge in [0.25, 0.3) is 0 Å². The lowest BCUT2D eigenvalue weighted by Gasteiger charge is -2.06. The number of rotatable bonds is 5. The first-order valence-electron chi connectivity index (χ1n) is 4.29. The number of hydrogen-bond donors (Lipinski definition) is 1. The van der Waals surface area contributed by atoms with E-state index in [4.69, 9.17) is 5.73 Å². The van der Waals surface area contributed by atoms with E-state index in [0.717, 1.165) is 0 Å². The number of thiophene rings is 1. The Balaban J connectivity index is 2.34. The van der Waals surface area contributed by atoms with E-state index < -0.39 is 10.8 Å². The van der Waals surface area contributed by atoms with Crippen molar-refractivity contribution in [2.24, 2.45) is 11.7 Å². The normalized spacial score (nSPS) is 15.5. The molecule has 0 bridgehead atoms. The summed E-state index contributed by atoms with van der Waals surface area (Å²) < 4.78 is 11.5. The van der Waals surface area contributed by atoms with Gasteiger partial charge in [0, 0.05) is 21.4 Å². The topological polar surface area (TPSA) is 43.1 Å². The molecule has 2 nitrogen and oxygen atoms in total. The standard InChI is InChI=1S/C9H15NOS2/c1-8(5-10)6-13(11)7-9-3-2-4-12-9/h2-4,8H,5-7,10H2,1H3. The van der Waals surface area contributed by atoms with Crippen LogP contribution in [0.3, 0.4) is 0 Å². The highest BCUT2D eigenvalue weighted by Crippen LogP contribution is 2.12. The van der Waals surface area contributed by atoms with Gasteiger partial charge in [0.15, 0.2) is 0 Å². The van der Waals surface area contributed by atoms with Gasteiger partial charge in [0.2, 0.25) is 0 Å². The van der Waals surface area contributed by atoms with Crippen molar-refractivity contribution in [3.63, 3.8) is 0 Å². The lowest BCUT2D eigenvalue weighted by molar-refractivity contribution is 0.640. The zero-order chi connectivity index (χ0) is 9.68. The van der Waals surface area contributed by atoms with Crippen LogP contribution >= 0.6 is 11.3 Å². The van der Waals surface area contributed by atoms with Crippen molar-refractivity contribution in [1.29, 1.82) is 0 Å². The molecule has 0 amide bonds. The molecule has 0 spiro atoms. The van der Waals surface area contributed by atoms with Crippen molar-refractivity contribution in [3.8, 4) is 0 Å². The summed E-state index contributed by atoms with van der Waals surface area (Å²) in [5.74, 6) is 1.76. The highest BCUT2D eigenvalue weighted by Gasteiger charge is 2.07. The maximum atomic E-state index is 11.5. The quantitative estimate of drug-likeness (QED) is 0.814. The van der Waals surface area contributed by atoms with Crippen LogP contribution in [0.4, 0.5) is 0 Å². The molecule has 1 heterocycles. The maximum Gasteiger partial charge on any atom is 0.0579 e. The van der Waals surface area contributed by atoms with E-state index in [0.29, 0.717) is 24.0 Å². The first kappa shape index (κ1) is 10.9. The van der Waals surface area contributed by atoms with Gasteiger partial charge in [-0.2, -0.15) is 0 Å². The smallest absolute Gasteiger partial charge is 0.0579 e. The van der Waals surface area contributed by atoms with Crippen LogP contribution in [0.1, 0.15) is 11.8 Å². The molecule has 2 N–H and O–H groups in total. The van der Waals surface area contributed by atoms with E-state index in [2.05, 4.69) is 0 Å². The van der Waals surface area contributed by atoms with Crippen LogP contribution in [0.2, 0.25) is 0 Å². The van der Waals surface area contributed by atoms with Gasteiger partial charge in [-0.1, -0.05) is 13.0 Å². The summed E-state index contributed by atoms with van der Waals surface area (Å²) in [4.78, 5) is 1.20. The highest BCUT2D eigenvalue weighted by atomic mass is 32.2. The van der Waals surface area contributed by atoms with Crippen molar-refractivity contribution in [2.45, 2.75) is 12.7 Å². The molecular formula is C9H15NOS2. The van der Waals surface area contributed by atoms with Crippen LogP contribution in [0.5, 0.6) is 0 Å². The second kappa shape index (κ2) is 5.52. The molecule has 0 radical (unpaired) electrons. The van der Waals surface area contributed by atoms with Crippen LogP contribution in [-0.4, -0.2) is 16.5 Å². The molecule has 74 valence electrons. The first-order chi connectivity index (χ1) is 6.22. The monoisotopic (exact) mass is 217 g/mol. The van der Waals surface area contributed by atoms with Crippen LogP contribution in [-0.2, 0) is 16.6 Å². The van der Waals surface area contributed by atoms with Crippen LogP contribution < -0.4 is 5.73 Å². The minimum absolute atomic E-state index is 0.362. The fraction of sp³-hybridized carbons (Fsp3) is 0.556. The van der Waals surface area contributed by atoms with Gasteiger partial charge < -0.3 is 5.73 Å². The molecule has 0 saturated carbocycles. The third-order valence-corrected chi connectivity index (χ3v) is 4.39. The fourth-order valence-corrected chi connectivity index (χ4v) is 3.46. The van der Waals surface area contributed by atoms with Gasteiger partial charge in [-0.05, 0) is 23.9 Å². The summed E-state index contributed by atoms with van der Waals surface area (Å²) >= 11 is 1.66. The third kappa shape index (κ3) is 4.02. The largest absolute Gasteiger partial charge is 0.330 e. The average Bonchev–Trinajstić information content (AvgIpc) is 2.56. The molecule has 1 rings (SSSR count). The second-order valence-corrected chi connectivity index (χ2v) is 5.70. The SMILES string of the molecule is CC(CN)CS(=O)Cc1cccs1. The molecule has 0 aromatic carbocycles. The molecule has 1 aromatic rings. The molecule has 0 saturated heterocycles. The Labute approximate surface area is 85.6 Å². The molecule has 2 atom stereocenters. The lowest BCUT2D eigenvalue weighted by Crippen LogP contribution is -2.18. The lowest BCUT2D eigenvalue weighted by atomic mass is 10.2. The third-order valence-electron chi connectivity index (χ3n) is 1.76. The maximum absolute atomic E-state index is 11.5. The predicted molar refractivity (Wildman–Crippen MR) is 59.3 cm³/mol. The summed E-state index contributed by atoms with van der Waals surface area (Å²) in [6.07, 6.45) is 0. The highest BCUT2D eigenvalue weighted by molar-refractivity contribution is 7.84. The number of hydrogen-bond acceptors (Lipinski definition) is 3. The zero-order valence-corrected chi connectivity index (χ0v) is 9.37. The molecule has 0 aliphatic heterocycles. The van der Waals surface area contributed by atoms with Crippen molar-refractivity contribution >= 4 is 22.1 Å². The Morgan fingerprint density at radius 1 is 1.69 bits per heavy atom. The van der Waals surface area contributed by atoms with Crippen LogP contribution in [0.15, 0.2) is 17.5 Å². The molecule has 13 heavy (non-hydrogen) atoms. The van der Waals surface area contributed by atoms with Crippen molar-refractivity contribution in [3.05, 3.63) is 22.4 Å². The van der Waals surface area contributed by atoms with Gasteiger partial charge in [-0.15, -0.1) is 11.3 Å². The summed E-state index contributed by atoms with van der Waals surface area (Å²) in [5.41, 5.74) is 5.46. The summed E-state index contributed by atoms with van der Waals surface area (Å²) in [7, 11) is -0.749. The summed E-state index contributed by atoms with van der Waals surface area (Å²) in [6, 6.07) is 4.01. The Morgan fingerprint density at radius 2 is 2.46 bits per heavy atom. The van der Waals surface area contributed by atoms with E-state index in [1.807, 2.05) is 24.4 Å². The first-order valence-corrected chi connectivity index (χ1v) is 6.66. The Bertz CT molecular complexity index is 259. The molecule has 4 heteroatoms. The predicted octanol–water partition coefficient (Wildman–Crippen LogP) is 1.59. The van der Waals surface area contributed by atoms with E-state index in [1.165, 1.54) is 4.88 Å². The van der Waals surface area contributed by atoms with E-state index in [1.54, 1.807) is 11.3 Å². The molecule has 0 aliphatic carbocycles. The summed E-state index contributed by atoms with van der Waals surface area (Å²) in [5, 5.41) is 2.01. The Hall–Kier alpha value is -0.190. The van der Waals surface area contributed by atoms with E-state index in [9.17, 15) is 4.21 Å². The average molecular weight is 217 g/mol. The molecule has 1 aromatic heterocycles. The molecular weight excluding hydrogens is 202 g/mol. The summed E-state index contributed by atoms with van der Waals surface area (Å²) in [6.45, 7) is 2.66. The fourth-order valence-electron chi connectivity index (χ4n) is 0.998. The Kier molecular flexibility index (Phi) is 4.62. The number of nitrogens with two attached hydrogens (primary N) is 1. The van der Waals surface area contributed by atoms with Gasteiger partial charge in [-0.3, -0.25) is 4.21 Å². The van der Waals surface area contributed by atoms with Gasteiger partial charge in [0.1, 0.15) is 0 Å². The minimum Gasteiger partial charge on any atom is -0.330 e. The second-order valence-electron chi connectivity index (χ2n) is 3.17. The van der Waals surface area contributed by atoms with Gasteiger partial charge in [0.05, 0.1) is 5.75 Å². The Morgan fingerprint density at radius 3 is 3.00 bits per heavy atom. The zero-order valence-electron chi connectivity index (χ0n) is 7.73. The molecule has 0 aliphatic rings.